The van der Waals surface area contributed by atoms with E-state index in [0.29, 0.717) is 17.5 Å². The number of pyridine rings is 1. The molecule has 0 spiro atoms. The lowest BCUT2D eigenvalue weighted by molar-refractivity contribution is 0.403. The first-order valence-corrected chi connectivity index (χ1v) is 16.5. The van der Waals surface area contributed by atoms with Crippen LogP contribution in [-0.2, 0) is 21.7 Å². The normalized spacial score (nSPS) is 15.5. The van der Waals surface area contributed by atoms with Gasteiger partial charge in [-0.1, -0.05) is 130 Å². The lowest BCUT2D eigenvalue weighted by Crippen LogP contribution is -2.17. The SMILES string of the molecule is Cc1cc(-c2ccc3c(c2)C(C)(C)CC3(C)C)ncc1-c1nc(-c2ccc(C(C)(C)C)cc2)nc(-c2ccc(C(C)(C)C)cc2)n1. The second kappa shape index (κ2) is 11.0. The Balaban J connectivity index is 1.43. The van der Waals surface area contributed by atoms with Crippen molar-refractivity contribution >= 4 is 0 Å². The Labute approximate surface area is 275 Å². The molecule has 236 valence electrons. The van der Waals surface area contributed by atoms with Gasteiger partial charge in [-0.05, 0) is 75.0 Å². The maximum atomic E-state index is 5.03. The van der Waals surface area contributed by atoms with Crippen molar-refractivity contribution in [3.63, 3.8) is 0 Å². The molecular formula is C42H48N4. The minimum absolute atomic E-state index is 0.0675. The fourth-order valence-corrected chi connectivity index (χ4v) is 7.09. The minimum Gasteiger partial charge on any atom is -0.255 e. The van der Waals surface area contributed by atoms with Gasteiger partial charge in [0.2, 0.25) is 0 Å². The number of rotatable bonds is 4. The summed E-state index contributed by atoms with van der Waals surface area (Å²) < 4.78 is 0. The van der Waals surface area contributed by atoms with E-state index in [9.17, 15) is 0 Å². The topological polar surface area (TPSA) is 51.6 Å². The highest BCUT2D eigenvalue weighted by Crippen LogP contribution is 2.50. The molecule has 2 aromatic heterocycles. The molecule has 0 fully saturated rings. The summed E-state index contributed by atoms with van der Waals surface area (Å²) in [4.78, 5) is 20.0. The minimum atomic E-state index is 0.0675. The summed E-state index contributed by atoms with van der Waals surface area (Å²) in [7, 11) is 0. The van der Waals surface area contributed by atoms with E-state index in [-0.39, 0.29) is 21.7 Å². The van der Waals surface area contributed by atoms with E-state index >= 15 is 0 Å². The summed E-state index contributed by atoms with van der Waals surface area (Å²) in [6.45, 7) is 24.9. The van der Waals surface area contributed by atoms with Crippen LogP contribution in [0.1, 0.15) is 103 Å². The molecule has 0 amide bonds. The molecule has 0 saturated heterocycles. The van der Waals surface area contributed by atoms with Crippen molar-refractivity contribution in [2.75, 3.05) is 0 Å². The van der Waals surface area contributed by atoms with E-state index in [2.05, 4.69) is 149 Å². The Bertz CT molecular complexity index is 1840. The van der Waals surface area contributed by atoms with Crippen LogP contribution in [0.25, 0.3) is 45.4 Å². The van der Waals surface area contributed by atoms with E-state index < -0.39 is 0 Å². The Hall–Kier alpha value is -4.18. The lowest BCUT2D eigenvalue weighted by Gasteiger charge is -2.22. The zero-order valence-electron chi connectivity index (χ0n) is 29.5. The van der Waals surface area contributed by atoms with Gasteiger partial charge < -0.3 is 0 Å². The third-order valence-corrected chi connectivity index (χ3v) is 9.66. The molecule has 0 atom stereocenters. The van der Waals surface area contributed by atoms with Gasteiger partial charge in [-0.25, -0.2) is 15.0 Å². The average Bonchev–Trinajstić information content (AvgIpc) is 3.18. The molecule has 1 aliphatic carbocycles. The molecule has 3 aromatic carbocycles. The average molecular weight is 609 g/mol. The highest BCUT2D eigenvalue weighted by atomic mass is 15.0. The van der Waals surface area contributed by atoms with Crippen molar-refractivity contribution in [2.24, 2.45) is 0 Å². The van der Waals surface area contributed by atoms with E-state index in [4.69, 9.17) is 19.9 Å². The number of fused-ring (bicyclic) bond motifs is 1. The molecule has 0 unspecified atom stereocenters. The van der Waals surface area contributed by atoms with Crippen LogP contribution in [-0.4, -0.2) is 19.9 Å². The highest BCUT2D eigenvalue weighted by molar-refractivity contribution is 5.71. The number of hydrogen-bond acceptors (Lipinski definition) is 4. The second-order valence-corrected chi connectivity index (χ2v) is 16.6. The molecule has 5 aromatic rings. The molecule has 1 aliphatic rings. The third kappa shape index (κ3) is 6.02. The standard InChI is InChI=1S/C42H48N4/c1-26-22-35(29-16-21-33-34(23-29)42(10,11)25-41(33,8)9)43-24-32(26)38-45-36(27-12-17-30(18-13-27)39(2,3)4)44-37(46-38)28-14-19-31(20-15-28)40(5,6)7/h12-24H,25H2,1-11H3. The second-order valence-electron chi connectivity index (χ2n) is 16.6. The molecule has 6 rings (SSSR count). The molecule has 0 bridgehead atoms. The van der Waals surface area contributed by atoms with Crippen molar-refractivity contribution in [1.29, 1.82) is 0 Å². The third-order valence-electron chi connectivity index (χ3n) is 9.66. The van der Waals surface area contributed by atoms with Crippen molar-refractivity contribution < 1.29 is 0 Å². The lowest BCUT2D eigenvalue weighted by atomic mass is 9.82. The van der Waals surface area contributed by atoms with Gasteiger partial charge in [-0.3, -0.25) is 4.98 Å². The number of hydrogen-bond donors (Lipinski definition) is 0. The summed E-state index contributed by atoms with van der Waals surface area (Å²) in [5, 5.41) is 0. The van der Waals surface area contributed by atoms with Crippen molar-refractivity contribution in [1.82, 2.24) is 19.9 Å². The first-order chi connectivity index (χ1) is 21.4. The van der Waals surface area contributed by atoms with Crippen LogP contribution >= 0.6 is 0 Å². The van der Waals surface area contributed by atoms with Gasteiger partial charge in [0.25, 0.3) is 0 Å². The number of aryl methyl sites for hydroxylation is 1. The fraction of sp³-hybridized carbons (Fsp3) is 0.381. The number of nitrogens with zero attached hydrogens (tertiary/aromatic N) is 4. The number of benzene rings is 3. The largest absolute Gasteiger partial charge is 0.255 e. The predicted molar refractivity (Wildman–Crippen MR) is 192 cm³/mol. The Morgan fingerprint density at radius 3 is 1.48 bits per heavy atom. The van der Waals surface area contributed by atoms with E-state index in [1.54, 1.807) is 0 Å². The van der Waals surface area contributed by atoms with Crippen LogP contribution in [0.15, 0.2) is 79.0 Å². The molecule has 0 aliphatic heterocycles. The van der Waals surface area contributed by atoms with Crippen LogP contribution in [0.3, 0.4) is 0 Å². The Kier molecular flexibility index (Phi) is 7.58. The first kappa shape index (κ1) is 31.8. The van der Waals surface area contributed by atoms with Crippen LogP contribution in [0.5, 0.6) is 0 Å². The van der Waals surface area contributed by atoms with Gasteiger partial charge in [0.15, 0.2) is 17.5 Å². The Morgan fingerprint density at radius 2 is 1.00 bits per heavy atom. The summed E-state index contributed by atoms with van der Waals surface area (Å²) in [5.74, 6) is 1.95. The highest BCUT2D eigenvalue weighted by Gasteiger charge is 2.41. The Morgan fingerprint density at radius 1 is 0.543 bits per heavy atom. The molecule has 2 heterocycles. The van der Waals surface area contributed by atoms with Crippen molar-refractivity contribution in [2.45, 2.75) is 104 Å². The van der Waals surface area contributed by atoms with E-state index in [1.807, 2.05) is 6.20 Å². The summed E-state index contributed by atoms with van der Waals surface area (Å²) in [6, 6.07) is 26.3. The molecule has 4 nitrogen and oxygen atoms in total. The molecule has 46 heavy (non-hydrogen) atoms. The van der Waals surface area contributed by atoms with Crippen LogP contribution in [0.2, 0.25) is 0 Å². The van der Waals surface area contributed by atoms with Gasteiger partial charge in [0, 0.05) is 28.5 Å². The van der Waals surface area contributed by atoms with Crippen LogP contribution in [0.4, 0.5) is 0 Å². The van der Waals surface area contributed by atoms with Gasteiger partial charge in [-0.15, -0.1) is 0 Å². The van der Waals surface area contributed by atoms with Crippen LogP contribution < -0.4 is 0 Å². The smallest absolute Gasteiger partial charge is 0.165 e. The molecular weight excluding hydrogens is 560 g/mol. The molecule has 0 N–H and O–H groups in total. The van der Waals surface area contributed by atoms with Gasteiger partial charge in [0.05, 0.1) is 5.69 Å². The first-order valence-electron chi connectivity index (χ1n) is 16.5. The summed E-state index contributed by atoms with van der Waals surface area (Å²) in [5.41, 5.74) is 11.9. The molecule has 0 saturated carbocycles. The van der Waals surface area contributed by atoms with Gasteiger partial charge in [-0.2, -0.15) is 0 Å². The van der Waals surface area contributed by atoms with Gasteiger partial charge in [0.1, 0.15) is 0 Å². The maximum absolute atomic E-state index is 5.03. The zero-order valence-corrected chi connectivity index (χ0v) is 29.5. The summed E-state index contributed by atoms with van der Waals surface area (Å²) in [6.07, 6.45) is 3.08. The monoisotopic (exact) mass is 608 g/mol. The molecule has 4 heteroatoms. The van der Waals surface area contributed by atoms with Crippen molar-refractivity contribution in [3.05, 3.63) is 107 Å². The van der Waals surface area contributed by atoms with Crippen molar-refractivity contribution in [3.8, 4) is 45.4 Å². The predicted octanol–water partition coefficient (Wildman–Crippen LogP) is 10.8. The molecule has 0 radical (unpaired) electrons. The quantitative estimate of drug-likeness (QED) is 0.204. The maximum Gasteiger partial charge on any atom is 0.165 e. The number of aromatic nitrogens is 4. The summed E-state index contributed by atoms with van der Waals surface area (Å²) >= 11 is 0. The van der Waals surface area contributed by atoms with Crippen LogP contribution in [0, 0.1) is 6.92 Å². The fourth-order valence-electron chi connectivity index (χ4n) is 7.09. The zero-order chi connectivity index (χ0) is 33.2. The van der Waals surface area contributed by atoms with E-state index in [1.165, 1.54) is 22.3 Å². The van der Waals surface area contributed by atoms with Gasteiger partial charge >= 0.3 is 0 Å². The van der Waals surface area contributed by atoms with E-state index in [0.717, 1.165) is 39.9 Å².